The van der Waals surface area contributed by atoms with Gasteiger partial charge < -0.3 is 9.73 Å². The Bertz CT molecular complexity index is 794. The van der Waals surface area contributed by atoms with Gasteiger partial charge in [-0.1, -0.05) is 12.1 Å². The number of hydrogen-bond acceptors (Lipinski definition) is 3. The lowest BCUT2D eigenvalue weighted by molar-refractivity contribution is -0.115. The number of amides is 1. The number of oxazole rings is 1. The minimum atomic E-state index is -0.315. The van der Waals surface area contributed by atoms with E-state index in [9.17, 15) is 9.18 Å². The second kappa shape index (κ2) is 5.36. The third-order valence-electron chi connectivity index (χ3n) is 3.06. The number of carbonyl (C=O) groups is 1. The predicted octanol–water partition coefficient (Wildman–Crippen LogP) is 3.46. The van der Waals surface area contributed by atoms with Crippen LogP contribution in [0.15, 0.2) is 46.9 Å². The summed E-state index contributed by atoms with van der Waals surface area (Å²) in [4.78, 5) is 16.2. The molecule has 5 heteroatoms. The van der Waals surface area contributed by atoms with Gasteiger partial charge in [0, 0.05) is 18.7 Å². The molecule has 0 radical (unpaired) electrons. The first-order valence-electron chi connectivity index (χ1n) is 6.52. The van der Waals surface area contributed by atoms with Gasteiger partial charge in [-0.15, -0.1) is 0 Å². The molecule has 0 bridgehead atoms. The zero-order valence-electron chi connectivity index (χ0n) is 11.4. The minimum absolute atomic E-state index is 0.169. The summed E-state index contributed by atoms with van der Waals surface area (Å²) in [5, 5.41) is 2.79. The van der Waals surface area contributed by atoms with Gasteiger partial charge in [-0.3, -0.25) is 4.79 Å². The van der Waals surface area contributed by atoms with Crippen LogP contribution in [0.1, 0.15) is 11.5 Å². The maximum absolute atomic E-state index is 12.8. The molecule has 0 saturated carbocycles. The molecule has 0 saturated heterocycles. The predicted molar refractivity (Wildman–Crippen MR) is 77.5 cm³/mol. The van der Waals surface area contributed by atoms with E-state index in [0.29, 0.717) is 17.2 Å². The van der Waals surface area contributed by atoms with Gasteiger partial charge in [-0.2, -0.15) is 0 Å². The molecule has 1 N–H and O–H groups in total. The number of carbonyl (C=O) groups excluding carboxylic acids is 1. The highest BCUT2D eigenvalue weighted by Gasteiger charge is 2.07. The van der Waals surface area contributed by atoms with E-state index in [-0.39, 0.29) is 18.1 Å². The Labute approximate surface area is 120 Å². The molecule has 3 aromatic rings. The Morgan fingerprint density at radius 1 is 1.24 bits per heavy atom. The molecule has 1 amide bonds. The van der Waals surface area contributed by atoms with Gasteiger partial charge in [0.05, 0.1) is 6.42 Å². The fourth-order valence-corrected chi connectivity index (χ4v) is 2.11. The van der Waals surface area contributed by atoms with Crippen molar-refractivity contribution in [2.75, 3.05) is 5.32 Å². The van der Waals surface area contributed by atoms with Crippen LogP contribution in [-0.4, -0.2) is 10.9 Å². The van der Waals surface area contributed by atoms with Crippen LogP contribution in [0.2, 0.25) is 0 Å². The number of aromatic nitrogens is 1. The third-order valence-corrected chi connectivity index (χ3v) is 3.06. The summed E-state index contributed by atoms with van der Waals surface area (Å²) in [6.45, 7) is 1.77. The quantitative estimate of drug-likeness (QED) is 0.801. The molecule has 0 unspecified atom stereocenters. The van der Waals surface area contributed by atoms with E-state index in [0.717, 1.165) is 11.1 Å². The Morgan fingerprint density at radius 3 is 2.76 bits per heavy atom. The molecular formula is C16H13FN2O2. The van der Waals surface area contributed by atoms with Crippen LogP contribution in [0, 0.1) is 12.7 Å². The van der Waals surface area contributed by atoms with Crippen LogP contribution < -0.4 is 5.32 Å². The fourth-order valence-electron chi connectivity index (χ4n) is 2.11. The van der Waals surface area contributed by atoms with Gasteiger partial charge in [0.15, 0.2) is 11.5 Å². The first-order chi connectivity index (χ1) is 10.1. The van der Waals surface area contributed by atoms with E-state index in [1.165, 1.54) is 12.1 Å². The molecule has 0 fully saturated rings. The molecule has 0 atom stereocenters. The van der Waals surface area contributed by atoms with Crippen molar-refractivity contribution in [3.63, 3.8) is 0 Å². The van der Waals surface area contributed by atoms with E-state index in [2.05, 4.69) is 10.3 Å². The van der Waals surface area contributed by atoms with Crippen molar-refractivity contribution in [1.82, 2.24) is 4.98 Å². The second-order valence-electron chi connectivity index (χ2n) is 4.77. The monoisotopic (exact) mass is 284 g/mol. The number of halogens is 1. The van der Waals surface area contributed by atoms with Crippen LogP contribution >= 0.6 is 0 Å². The van der Waals surface area contributed by atoms with Crippen molar-refractivity contribution in [2.24, 2.45) is 0 Å². The van der Waals surface area contributed by atoms with E-state index >= 15 is 0 Å². The highest BCUT2D eigenvalue weighted by Crippen LogP contribution is 2.20. The number of hydrogen-bond donors (Lipinski definition) is 1. The van der Waals surface area contributed by atoms with Crippen LogP contribution in [0.25, 0.3) is 11.1 Å². The van der Waals surface area contributed by atoms with Gasteiger partial charge in [0.1, 0.15) is 11.3 Å². The molecule has 3 rings (SSSR count). The summed E-state index contributed by atoms with van der Waals surface area (Å²) in [5.41, 5.74) is 2.78. The van der Waals surface area contributed by atoms with Crippen LogP contribution in [0.3, 0.4) is 0 Å². The van der Waals surface area contributed by atoms with Crippen LogP contribution in [0.4, 0.5) is 10.1 Å². The summed E-state index contributed by atoms with van der Waals surface area (Å²) in [7, 11) is 0. The van der Waals surface area contributed by atoms with Gasteiger partial charge in [-0.25, -0.2) is 9.37 Å². The average Bonchev–Trinajstić information content (AvgIpc) is 2.80. The maximum atomic E-state index is 12.8. The van der Waals surface area contributed by atoms with Crippen molar-refractivity contribution in [1.29, 1.82) is 0 Å². The van der Waals surface area contributed by atoms with Crippen molar-refractivity contribution < 1.29 is 13.6 Å². The lowest BCUT2D eigenvalue weighted by atomic mass is 10.1. The Kier molecular flexibility index (Phi) is 3.39. The molecule has 1 aromatic heterocycles. The van der Waals surface area contributed by atoms with Crippen LogP contribution in [0.5, 0.6) is 0 Å². The minimum Gasteiger partial charge on any atom is -0.441 e. The molecule has 0 aliphatic carbocycles. The van der Waals surface area contributed by atoms with Gasteiger partial charge >= 0.3 is 0 Å². The Balaban J connectivity index is 1.71. The molecule has 0 aliphatic heterocycles. The lowest BCUT2D eigenvalue weighted by Gasteiger charge is -2.05. The van der Waals surface area contributed by atoms with E-state index in [1.54, 1.807) is 37.3 Å². The highest BCUT2D eigenvalue weighted by molar-refractivity contribution is 5.94. The van der Waals surface area contributed by atoms with Gasteiger partial charge in [0.25, 0.3) is 0 Å². The number of rotatable bonds is 3. The zero-order chi connectivity index (χ0) is 14.8. The number of benzene rings is 2. The van der Waals surface area contributed by atoms with E-state index < -0.39 is 0 Å². The molecule has 0 aliphatic rings. The summed E-state index contributed by atoms with van der Waals surface area (Å²) in [5.74, 6) is 0.0993. The molecular weight excluding hydrogens is 271 g/mol. The van der Waals surface area contributed by atoms with Crippen LogP contribution in [-0.2, 0) is 11.2 Å². The molecule has 0 spiro atoms. The molecule has 2 aromatic carbocycles. The Hall–Kier alpha value is -2.69. The molecule has 1 heterocycles. The van der Waals surface area contributed by atoms with Crippen molar-refractivity contribution in [2.45, 2.75) is 13.3 Å². The number of aryl methyl sites for hydroxylation is 1. The van der Waals surface area contributed by atoms with Crippen molar-refractivity contribution in [3.05, 3.63) is 59.7 Å². The maximum Gasteiger partial charge on any atom is 0.228 e. The average molecular weight is 284 g/mol. The second-order valence-corrected chi connectivity index (χ2v) is 4.77. The highest BCUT2D eigenvalue weighted by atomic mass is 19.1. The molecule has 21 heavy (non-hydrogen) atoms. The number of fused-ring (bicyclic) bond motifs is 1. The zero-order valence-corrected chi connectivity index (χ0v) is 11.4. The Morgan fingerprint density at radius 2 is 2.00 bits per heavy atom. The van der Waals surface area contributed by atoms with Gasteiger partial charge in [-0.05, 0) is 29.8 Å². The summed E-state index contributed by atoms with van der Waals surface area (Å²) in [6, 6.07) is 11.2. The topological polar surface area (TPSA) is 55.1 Å². The third kappa shape index (κ3) is 3.08. The normalized spacial score (nSPS) is 10.8. The first-order valence-corrected chi connectivity index (χ1v) is 6.52. The molecule has 106 valence electrons. The summed E-state index contributed by atoms with van der Waals surface area (Å²) < 4.78 is 18.2. The standard InChI is InChI=1S/C16H13FN2O2/c1-10-18-14-7-6-13(9-15(14)21-10)19-16(20)8-11-2-4-12(17)5-3-11/h2-7,9H,8H2,1H3,(H,19,20). The largest absolute Gasteiger partial charge is 0.441 e. The SMILES string of the molecule is Cc1nc2ccc(NC(=O)Cc3ccc(F)cc3)cc2o1. The van der Waals surface area contributed by atoms with Crippen molar-refractivity contribution in [3.8, 4) is 0 Å². The molecule has 4 nitrogen and oxygen atoms in total. The van der Waals surface area contributed by atoms with Crippen molar-refractivity contribution >= 4 is 22.7 Å². The number of nitrogens with zero attached hydrogens (tertiary/aromatic N) is 1. The number of nitrogens with one attached hydrogen (secondary N) is 1. The number of anilines is 1. The van der Waals surface area contributed by atoms with E-state index in [4.69, 9.17) is 4.42 Å². The fraction of sp³-hybridized carbons (Fsp3) is 0.125. The first kappa shape index (κ1) is 13.3. The van der Waals surface area contributed by atoms with Gasteiger partial charge in [0.2, 0.25) is 5.91 Å². The van der Waals surface area contributed by atoms with E-state index in [1.807, 2.05) is 0 Å². The smallest absolute Gasteiger partial charge is 0.228 e. The lowest BCUT2D eigenvalue weighted by Crippen LogP contribution is -2.14. The summed E-state index contributed by atoms with van der Waals surface area (Å²) in [6.07, 6.45) is 0.188. The summed E-state index contributed by atoms with van der Waals surface area (Å²) >= 11 is 0.